The topological polar surface area (TPSA) is 38.3 Å². The van der Waals surface area contributed by atoms with Gasteiger partial charge < -0.3 is 10.1 Å². The number of carbonyl (C=O) groups is 1. The summed E-state index contributed by atoms with van der Waals surface area (Å²) in [6.07, 6.45) is 1.79. The Balaban J connectivity index is 1.68. The fourth-order valence-electron chi connectivity index (χ4n) is 2.10. The Morgan fingerprint density at radius 3 is 2.50 bits per heavy atom. The van der Waals surface area contributed by atoms with E-state index in [1.165, 1.54) is 29.8 Å². The first kappa shape index (κ1) is 16.0. The zero-order valence-corrected chi connectivity index (χ0v) is 12.6. The normalized spacial score (nSPS) is 11.7. The molecule has 2 rings (SSSR count). The third-order valence-corrected chi connectivity index (χ3v) is 3.30. The maximum Gasteiger partial charge on any atom is 0.258 e. The molecule has 0 bridgehead atoms. The molecule has 0 unspecified atom stereocenters. The van der Waals surface area contributed by atoms with Crippen LogP contribution in [-0.2, 0) is 11.2 Å². The van der Waals surface area contributed by atoms with E-state index >= 15 is 0 Å². The van der Waals surface area contributed by atoms with Gasteiger partial charge in [0.15, 0.2) is 6.61 Å². The van der Waals surface area contributed by atoms with Crippen LogP contribution in [-0.4, -0.2) is 18.6 Å². The molecule has 0 saturated carbocycles. The minimum atomic E-state index is -0.327. The predicted octanol–water partition coefficient (Wildman–Crippen LogP) is 3.34. The molecule has 1 amide bonds. The first-order chi connectivity index (χ1) is 10.6. The van der Waals surface area contributed by atoms with E-state index in [4.69, 9.17) is 4.74 Å². The van der Waals surface area contributed by atoms with Crippen LogP contribution < -0.4 is 10.1 Å². The number of nitrogens with one attached hydrogen (secondary N) is 1. The Kier molecular flexibility index (Phi) is 5.95. The molecular formula is C18H20FNO2. The minimum absolute atomic E-state index is 0.0681. The van der Waals surface area contributed by atoms with Gasteiger partial charge >= 0.3 is 0 Å². The number of rotatable bonds is 7. The highest BCUT2D eigenvalue weighted by molar-refractivity contribution is 5.77. The van der Waals surface area contributed by atoms with Gasteiger partial charge in [-0.15, -0.1) is 0 Å². The molecule has 2 aromatic carbocycles. The lowest BCUT2D eigenvalue weighted by Gasteiger charge is -2.14. The van der Waals surface area contributed by atoms with E-state index in [0.29, 0.717) is 5.75 Å². The molecule has 0 aromatic heterocycles. The minimum Gasteiger partial charge on any atom is -0.484 e. The quantitative estimate of drug-likeness (QED) is 0.852. The molecule has 0 fully saturated rings. The summed E-state index contributed by atoms with van der Waals surface area (Å²) in [5.74, 6) is -0.0234. The molecule has 4 heteroatoms. The number of aryl methyl sites for hydroxylation is 1. The largest absolute Gasteiger partial charge is 0.484 e. The van der Waals surface area contributed by atoms with E-state index in [1.54, 1.807) is 0 Å². The van der Waals surface area contributed by atoms with Gasteiger partial charge in [-0.05, 0) is 49.6 Å². The van der Waals surface area contributed by atoms with E-state index < -0.39 is 0 Å². The highest BCUT2D eigenvalue weighted by Gasteiger charge is 2.08. The first-order valence-corrected chi connectivity index (χ1v) is 7.35. The number of carbonyl (C=O) groups excluding carboxylic acids is 1. The van der Waals surface area contributed by atoms with Gasteiger partial charge in [0.25, 0.3) is 5.91 Å². The lowest BCUT2D eigenvalue weighted by Crippen LogP contribution is -2.36. The first-order valence-electron chi connectivity index (χ1n) is 7.35. The van der Waals surface area contributed by atoms with Gasteiger partial charge in [0.2, 0.25) is 0 Å². The van der Waals surface area contributed by atoms with Crippen molar-refractivity contribution in [2.24, 2.45) is 0 Å². The summed E-state index contributed by atoms with van der Waals surface area (Å²) < 4.78 is 18.1. The van der Waals surface area contributed by atoms with Crippen LogP contribution in [0.1, 0.15) is 18.9 Å². The maximum atomic E-state index is 12.7. The zero-order valence-electron chi connectivity index (χ0n) is 12.6. The average molecular weight is 301 g/mol. The maximum absolute atomic E-state index is 12.7. The fraction of sp³-hybridized carbons (Fsp3) is 0.278. The molecular weight excluding hydrogens is 281 g/mol. The Labute approximate surface area is 130 Å². The lowest BCUT2D eigenvalue weighted by molar-refractivity contribution is -0.123. The van der Waals surface area contributed by atoms with Gasteiger partial charge in [-0.25, -0.2) is 4.39 Å². The van der Waals surface area contributed by atoms with Crippen LogP contribution in [0.2, 0.25) is 0 Å². The molecule has 2 aromatic rings. The second kappa shape index (κ2) is 8.17. The number of hydrogen-bond donors (Lipinski definition) is 1. The molecule has 116 valence electrons. The van der Waals surface area contributed by atoms with Crippen molar-refractivity contribution >= 4 is 5.91 Å². The summed E-state index contributed by atoms with van der Waals surface area (Å²) in [5.41, 5.74) is 1.26. The molecule has 0 radical (unpaired) electrons. The SMILES string of the molecule is C[C@@H](CCc1ccccc1)NC(=O)COc1ccc(F)cc1. The molecule has 0 aliphatic carbocycles. The van der Waals surface area contributed by atoms with E-state index in [2.05, 4.69) is 17.4 Å². The van der Waals surface area contributed by atoms with Gasteiger partial charge in [-0.2, -0.15) is 0 Å². The van der Waals surface area contributed by atoms with Crippen LogP contribution in [0.3, 0.4) is 0 Å². The molecule has 0 spiro atoms. The highest BCUT2D eigenvalue weighted by atomic mass is 19.1. The Hall–Kier alpha value is -2.36. The second-order valence-electron chi connectivity index (χ2n) is 5.24. The van der Waals surface area contributed by atoms with Crippen molar-refractivity contribution in [3.8, 4) is 5.75 Å². The van der Waals surface area contributed by atoms with E-state index in [9.17, 15) is 9.18 Å². The van der Waals surface area contributed by atoms with Crippen molar-refractivity contribution in [1.29, 1.82) is 0 Å². The predicted molar refractivity (Wildman–Crippen MR) is 84.3 cm³/mol. The number of halogens is 1. The molecule has 0 aliphatic heterocycles. The lowest BCUT2D eigenvalue weighted by atomic mass is 10.1. The van der Waals surface area contributed by atoms with Crippen molar-refractivity contribution in [2.45, 2.75) is 25.8 Å². The Bertz CT molecular complexity index is 584. The van der Waals surface area contributed by atoms with Gasteiger partial charge in [0.1, 0.15) is 11.6 Å². The van der Waals surface area contributed by atoms with Crippen LogP contribution >= 0.6 is 0 Å². The Morgan fingerprint density at radius 2 is 1.82 bits per heavy atom. The summed E-state index contributed by atoms with van der Waals surface area (Å²) in [7, 11) is 0. The fourth-order valence-corrected chi connectivity index (χ4v) is 2.10. The standard InChI is InChI=1S/C18H20FNO2/c1-14(7-8-15-5-3-2-4-6-15)20-18(21)13-22-17-11-9-16(19)10-12-17/h2-6,9-12,14H,7-8,13H2,1H3,(H,20,21)/t14-/m0/s1. The van der Waals surface area contributed by atoms with Gasteiger partial charge in [0, 0.05) is 6.04 Å². The van der Waals surface area contributed by atoms with Crippen molar-refractivity contribution in [1.82, 2.24) is 5.32 Å². The third-order valence-electron chi connectivity index (χ3n) is 3.30. The van der Waals surface area contributed by atoms with Crippen molar-refractivity contribution in [3.05, 3.63) is 66.0 Å². The molecule has 0 saturated heterocycles. The smallest absolute Gasteiger partial charge is 0.258 e. The van der Waals surface area contributed by atoms with Crippen molar-refractivity contribution in [2.75, 3.05) is 6.61 Å². The van der Waals surface area contributed by atoms with Crippen LogP contribution in [0.4, 0.5) is 4.39 Å². The van der Waals surface area contributed by atoms with E-state index in [0.717, 1.165) is 12.8 Å². The van der Waals surface area contributed by atoms with E-state index in [-0.39, 0.29) is 24.4 Å². The number of ether oxygens (including phenoxy) is 1. The average Bonchev–Trinajstić information content (AvgIpc) is 2.53. The number of benzene rings is 2. The third kappa shape index (κ3) is 5.56. The zero-order chi connectivity index (χ0) is 15.8. The molecule has 1 N–H and O–H groups in total. The van der Waals surface area contributed by atoms with Crippen LogP contribution in [0.5, 0.6) is 5.75 Å². The molecule has 3 nitrogen and oxygen atoms in total. The van der Waals surface area contributed by atoms with Crippen LogP contribution in [0.25, 0.3) is 0 Å². The van der Waals surface area contributed by atoms with Crippen molar-refractivity contribution in [3.63, 3.8) is 0 Å². The summed E-state index contributed by atoms with van der Waals surface area (Å²) >= 11 is 0. The molecule has 1 atom stereocenters. The van der Waals surface area contributed by atoms with Crippen LogP contribution in [0.15, 0.2) is 54.6 Å². The highest BCUT2D eigenvalue weighted by Crippen LogP contribution is 2.10. The molecule has 22 heavy (non-hydrogen) atoms. The number of hydrogen-bond acceptors (Lipinski definition) is 2. The summed E-state index contributed by atoms with van der Waals surface area (Å²) in [6.45, 7) is 1.90. The summed E-state index contributed by atoms with van der Waals surface area (Å²) in [5, 5.41) is 2.89. The molecule has 0 aliphatic rings. The monoisotopic (exact) mass is 301 g/mol. The van der Waals surface area contributed by atoms with Crippen LogP contribution in [0, 0.1) is 5.82 Å². The number of amides is 1. The second-order valence-corrected chi connectivity index (χ2v) is 5.24. The van der Waals surface area contributed by atoms with Crippen molar-refractivity contribution < 1.29 is 13.9 Å². The summed E-state index contributed by atoms with van der Waals surface area (Å²) in [6, 6.07) is 15.8. The van der Waals surface area contributed by atoms with Gasteiger partial charge in [-0.1, -0.05) is 30.3 Å². The summed E-state index contributed by atoms with van der Waals surface area (Å²) in [4.78, 5) is 11.8. The molecule has 0 heterocycles. The van der Waals surface area contributed by atoms with Gasteiger partial charge in [0.05, 0.1) is 0 Å². The Morgan fingerprint density at radius 1 is 1.14 bits per heavy atom. The van der Waals surface area contributed by atoms with E-state index in [1.807, 2.05) is 25.1 Å². The van der Waals surface area contributed by atoms with Gasteiger partial charge in [-0.3, -0.25) is 4.79 Å².